The van der Waals surface area contributed by atoms with Crippen LogP contribution in [0.3, 0.4) is 0 Å². The Morgan fingerprint density at radius 3 is 2.95 bits per heavy atom. The molecule has 1 atom stereocenters. The highest BCUT2D eigenvalue weighted by Crippen LogP contribution is 2.30. The molecule has 0 bridgehead atoms. The van der Waals surface area contributed by atoms with Crippen molar-refractivity contribution in [1.82, 2.24) is 9.55 Å². The molecule has 0 amide bonds. The molecule has 114 valence electrons. The number of fused-ring (bicyclic) bond motifs is 1. The van der Waals surface area contributed by atoms with Gasteiger partial charge in [0.1, 0.15) is 10.4 Å². The molecule has 1 N–H and O–H groups in total. The van der Waals surface area contributed by atoms with E-state index in [4.69, 9.17) is 4.74 Å². The Labute approximate surface area is 136 Å². The molecule has 1 aliphatic heterocycles. The Balaban J connectivity index is 0.00000161. The highest BCUT2D eigenvalue weighted by Gasteiger charge is 2.22. The van der Waals surface area contributed by atoms with Gasteiger partial charge in [-0.3, -0.25) is 0 Å². The van der Waals surface area contributed by atoms with Crippen molar-refractivity contribution in [1.29, 1.82) is 0 Å². The molecule has 21 heavy (non-hydrogen) atoms. The lowest BCUT2D eigenvalue weighted by Gasteiger charge is -2.12. The SMILES string of the molecule is C[C@@H]1Cn2c(-c3ccc(F)c(O)c3)nc(Br)c2CCO1.Cl. The van der Waals surface area contributed by atoms with Crippen molar-refractivity contribution < 1.29 is 14.2 Å². The van der Waals surface area contributed by atoms with Crippen LogP contribution in [0.1, 0.15) is 12.6 Å². The lowest BCUT2D eigenvalue weighted by molar-refractivity contribution is 0.0666. The van der Waals surface area contributed by atoms with Crippen LogP contribution in [-0.4, -0.2) is 27.4 Å². The molecule has 0 spiro atoms. The number of aromatic hydroxyl groups is 1. The van der Waals surface area contributed by atoms with Crippen LogP contribution in [0, 0.1) is 5.82 Å². The van der Waals surface area contributed by atoms with E-state index in [9.17, 15) is 9.50 Å². The van der Waals surface area contributed by atoms with Crippen LogP contribution in [0.5, 0.6) is 5.75 Å². The highest BCUT2D eigenvalue weighted by molar-refractivity contribution is 9.10. The summed E-state index contributed by atoms with van der Waals surface area (Å²) in [6.45, 7) is 3.34. The van der Waals surface area contributed by atoms with Gasteiger partial charge in [-0.2, -0.15) is 0 Å². The minimum absolute atomic E-state index is 0. The van der Waals surface area contributed by atoms with Crippen molar-refractivity contribution >= 4 is 28.3 Å². The second kappa shape index (κ2) is 6.34. The first kappa shape index (κ1) is 16.3. The first-order valence-corrected chi connectivity index (χ1v) is 7.21. The molecule has 0 aliphatic carbocycles. The summed E-state index contributed by atoms with van der Waals surface area (Å²) in [6.07, 6.45) is 0.857. The normalized spacial score (nSPS) is 17.8. The van der Waals surface area contributed by atoms with Crippen LogP contribution >= 0.6 is 28.3 Å². The van der Waals surface area contributed by atoms with Gasteiger partial charge in [-0.25, -0.2) is 9.37 Å². The van der Waals surface area contributed by atoms with Crippen molar-refractivity contribution in [3.05, 3.63) is 34.3 Å². The molecule has 0 saturated heterocycles. The number of imidazole rings is 1. The predicted octanol–water partition coefficient (Wildman–Crippen LogP) is 3.54. The molecule has 0 fully saturated rings. The van der Waals surface area contributed by atoms with Gasteiger partial charge in [0.15, 0.2) is 11.6 Å². The minimum Gasteiger partial charge on any atom is -0.505 e. The number of halogens is 3. The van der Waals surface area contributed by atoms with Gasteiger partial charge in [-0.05, 0) is 41.1 Å². The molecular formula is C14H15BrClFN2O2. The van der Waals surface area contributed by atoms with E-state index in [0.717, 1.165) is 16.7 Å². The van der Waals surface area contributed by atoms with Gasteiger partial charge in [-0.15, -0.1) is 12.4 Å². The summed E-state index contributed by atoms with van der Waals surface area (Å²) in [4.78, 5) is 4.50. The van der Waals surface area contributed by atoms with Gasteiger partial charge in [0.05, 0.1) is 24.9 Å². The maximum Gasteiger partial charge on any atom is 0.164 e. The fourth-order valence-electron chi connectivity index (χ4n) is 2.43. The van der Waals surface area contributed by atoms with E-state index in [1.807, 2.05) is 6.92 Å². The van der Waals surface area contributed by atoms with Gasteiger partial charge < -0.3 is 14.4 Å². The highest BCUT2D eigenvalue weighted by atomic mass is 79.9. The van der Waals surface area contributed by atoms with E-state index >= 15 is 0 Å². The molecular weight excluding hydrogens is 363 g/mol. The smallest absolute Gasteiger partial charge is 0.164 e. The average molecular weight is 378 g/mol. The lowest BCUT2D eigenvalue weighted by Crippen LogP contribution is -2.14. The third kappa shape index (κ3) is 3.07. The topological polar surface area (TPSA) is 47.3 Å². The number of rotatable bonds is 1. The van der Waals surface area contributed by atoms with Gasteiger partial charge in [0.25, 0.3) is 0 Å². The number of phenols is 1. The molecule has 1 aliphatic rings. The Bertz CT molecular complexity index is 663. The number of ether oxygens (including phenoxy) is 1. The fraction of sp³-hybridized carbons (Fsp3) is 0.357. The third-order valence-corrected chi connectivity index (χ3v) is 4.04. The Hall–Kier alpha value is -1.11. The Morgan fingerprint density at radius 1 is 1.48 bits per heavy atom. The fourth-order valence-corrected chi connectivity index (χ4v) is 3.01. The van der Waals surface area contributed by atoms with Gasteiger partial charge in [-0.1, -0.05) is 0 Å². The van der Waals surface area contributed by atoms with E-state index in [0.29, 0.717) is 24.5 Å². The summed E-state index contributed by atoms with van der Waals surface area (Å²) in [6, 6.07) is 4.26. The van der Waals surface area contributed by atoms with Crippen LogP contribution in [0.25, 0.3) is 11.4 Å². The monoisotopic (exact) mass is 376 g/mol. The summed E-state index contributed by atoms with van der Waals surface area (Å²) in [7, 11) is 0. The van der Waals surface area contributed by atoms with Crippen LogP contribution < -0.4 is 0 Å². The second-order valence-electron chi connectivity index (χ2n) is 4.88. The molecule has 7 heteroatoms. The molecule has 2 heterocycles. The van der Waals surface area contributed by atoms with Crippen LogP contribution in [0.15, 0.2) is 22.8 Å². The van der Waals surface area contributed by atoms with Crippen molar-refractivity contribution in [2.24, 2.45) is 0 Å². The van der Waals surface area contributed by atoms with Crippen molar-refractivity contribution in [2.45, 2.75) is 26.0 Å². The van der Waals surface area contributed by atoms with Gasteiger partial charge >= 0.3 is 0 Å². The first-order chi connectivity index (χ1) is 9.56. The van der Waals surface area contributed by atoms with Crippen molar-refractivity contribution in [3.8, 4) is 17.1 Å². The standard InChI is InChI=1S/C14H14BrFN2O2.ClH/c1-8-7-18-11(4-5-20-8)13(15)17-14(18)9-2-3-10(16)12(19)6-9;/h2-3,6,8,19H,4-5,7H2,1H3;1H/t8-;/m1./s1. The summed E-state index contributed by atoms with van der Waals surface area (Å²) < 4.78 is 21.7. The summed E-state index contributed by atoms with van der Waals surface area (Å²) >= 11 is 3.46. The largest absolute Gasteiger partial charge is 0.505 e. The van der Waals surface area contributed by atoms with Crippen LogP contribution in [0.2, 0.25) is 0 Å². The second-order valence-corrected chi connectivity index (χ2v) is 5.63. The number of hydrogen-bond donors (Lipinski definition) is 1. The zero-order valence-corrected chi connectivity index (χ0v) is 13.7. The number of aromatic nitrogens is 2. The Kier molecular flexibility index (Phi) is 4.91. The number of nitrogens with zero attached hydrogens (tertiary/aromatic N) is 2. The van der Waals surface area contributed by atoms with Gasteiger partial charge in [0, 0.05) is 12.0 Å². The van der Waals surface area contributed by atoms with E-state index in [-0.39, 0.29) is 24.3 Å². The molecule has 0 saturated carbocycles. The van der Waals surface area contributed by atoms with Crippen molar-refractivity contribution in [3.63, 3.8) is 0 Å². The average Bonchev–Trinajstić information content (AvgIpc) is 2.59. The van der Waals surface area contributed by atoms with E-state index in [2.05, 4.69) is 25.5 Å². The molecule has 3 rings (SSSR count). The van der Waals surface area contributed by atoms with Crippen molar-refractivity contribution in [2.75, 3.05) is 6.61 Å². The van der Waals surface area contributed by atoms with Gasteiger partial charge in [0.2, 0.25) is 0 Å². The van der Waals surface area contributed by atoms with Crippen LogP contribution in [0.4, 0.5) is 4.39 Å². The summed E-state index contributed by atoms with van der Waals surface area (Å²) in [5.41, 5.74) is 1.75. The molecule has 1 aromatic heterocycles. The zero-order valence-electron chi connectivity index (χ0n) is 11.3. The van der Waals surface area contributed by atoms with E-state index in [1.165, 1.54) is 12.1 Å². The van der Waals surface area contributed by atoms with Crippen LogP contribution in [-0.2, 0) is 17.7 Å². The third-order valence-electron chi connectivity index (χ3n) is 3.41. The number of benzene rings is 1. The molecule has 1 aromatic carbocycles. The first-order valence-electron chi connectivity index (χ1n) is 6.41. The zero-order chi connectivity index (χ0) is 14.3. The van der Waals surface area contributed by atoms with E-state index < -0.39 is 5.82 Å². The number of hydrogen-bond acceptors (Lipinski definition) is 3. The summed E-state index contributed by atoms with van der Waals surface area (Å²) in [5.74, 6) is -0.291. The Morgan fingerprint density at radius 2 is 2.24 bits per heavy atom. The number of phenolic OH excluding ortho intramolecular Hbond substituents is 1. The molecule has 0 unspecified atom stereocenters. The van der Waals surface area contributed by atoms with E-state index in [1.54, 1.807) is 6.07 Å². The maximum atomic E-state index is 13.2. The maximum absolute atomic E-state index is 13.2. The lowest BCUT2D eigenvalue weighted by atomic mass is 10.2. The summed E-state index contributed by atoms with van der Waals surface area (Å²) in [5, 5.41) is 9.53. The quantitative estimate of drug-likeness (QED) is 0.827. The minimum atomic E-state index is -0.632. The molecule has 4 nitrogen and oxygen atoms in total. The molecule has 0 radical (unpaired) electrons. The molecule has 2 aromatic rings. The predicted molar refractivity (Wildman–Crippen MR) is 83.4 cm³/mol.